The minimum absolute atomic E-state index is 0.205. The molecule has 0 aromatic carbocycles. The Labute approximate surface area is 130 Å². The van der Waals surface area contributed by atoms with Crippen molar-refractivity contribution in [2.45, 2.75) is 37.7 Å². The van der Waals surface area contributed by atoms with Crippen LogP contribution in [0.1, 0.15) is 38.3 Å². The van der Waals surface area contributed by atoms with E-state index in [2.05, 4.69) is 19.5 Å². The van der Waals surface area contributed by atoms with Crippen LogP contribution >= 0.6 is 11.5 Å². The molecule has 0 spiro atoms. The first-order chi connectivity index (χ1) is 9.75. The van der Waals surface area contributed by atoms with Crippen molar-refractivity contribution < 1.29 is 8.73 Å². The van der Waals surface area contributed by atoms with Crippen molar-refractivity contribution in [2.24, 2.45) is 0 Å². The van der Waals surface area contributed by atoms with E-state index in [1.54, 1.807) is 0 Å². The molecule has 2 aromatic rings. The molecule has 116 valence electrons. The highest BCUT2D eigenvalue weighted by Crippen LogP contribution is 2.20. The van der Waals surface area contributed by atoms with E-state index in [1.807, 2.05) is 39.8 Å². The van der Waals surface area contributed by atoms with Crippen LogP contribution in [0.15, 0.2) is 4.52 Å². The summed E-state index contributed by atoms with van der Waals surface area (Å²) in [5.74, 6) is 2.14. The molecule has 0 N–H and O–H groups in total. The third-order valence-corrected chi connectivity index (χ3v) is 4.61. The Balaban J connectivity index is 1.96. The van der Waals surface area contributed by atoms with E-state index in [4.69, 9.17) is 4.52 Å². The van der Waals surface area contributed by atoms with Crippen LogP contribution in [0.3, 0.4) is 0 Å². The third kappa shape index (κ3) is 4.31. The lowest BCUT2D eigenvalue weighted by molar-refractivity contribution is 0.319. The first kappa shape index (κ1) is 16.0. The minimum Gasteiger partial charge on any atom is -0.353 e. The normalized spacial score (nSPS) is 13.4. The summed E-state index contributed by atoms with van der Waals surface area (Å²) in [5.41, 5.74) is -0.205. The molecule has 1 atom stereocenters. The van der Waals surface area contributed by atoms with Crippen molar-refractivity contribution in [3.05, 3.63) is 17.5 Å². The summed E-state index contributed by atoms with van der Waals surface area (Å²) < 4.78 is 21.5. The molecule has 21 heavy (non-hydrogen) atoms. The summed E-state index contributed by atoms with van der Waals surface area (Å²) in [6, 6.07) is 0. The van der Waals surface area contributed by atoms with Gasteiger partial charge < -0.3 is 9.42 Å². The van der Waals surface area contributed by atoms with Crippen LogP contribution in [-0.4, -0.2) is 37.8 Å². The van der Waals surface area contributed by atoms with Gasteiger partial charge in [-0.05, 0) is 0 Å². The van der Waals surface area contributed by atoms with Gasteiger partial charge in [-0.1, -0.05) is 25.9 Å². The third-order valence-electron chi connectivity index (χ3n) is 2.53. The van der Waals surface area contributed by atoms with Crippen molar-refractivity contribution in [2.75, 3.05) is 19.0 Å². The molecule has 2 heterocycles. The Morgan fingerprint density at radius 1 is 1.19 bits per heavy atom. The van der Waals surface area contributed by atoms with Gasteiger partial charge in [0.1, 0.15) is 0 Å². The molecule has 0 bridgehead atoms. The summed E-state index contributed by atoms with van der Waals surface area (Å²) >= 11 is 1.29. The molecule has 2 rings (SSSR count). The van der Waals surface area contributed by atoms with Crippen LogP contribution in [0.2, 0.25) is 0 Å². The van der Waals surface area contributed by atoms with E-state index in [-0.39, 0.29) is 11.2 Å². The lowest BCUT2D eigenvalue weighted by Gasteiger charge is -2.10. The topological polar surface area (TPSA) is 85.0 Å². The fourth-order valence-corrected chi connectivity index (χ4v) is 3.05. The van der Waals surface area contributed by atoms with Crippen molar-refractivity contribution in [3.63, 3.8) is 0 Å². The fraction of sp³-hybridized carbons (Fsp3) is 0.667. The van der Waals surface area contributed by atoms with Crippen LogP contribution in [0, 0.1) is 0 Å². The number of hydrogen-bond donors (Lipinski definition) is 0. The lowest BCUT2D eigenvalue weighted by Crippen LogP contribution is -2.11. The van der Waals surface area contributed by atoms with Crippen molar-refractivity contribution >= 4 is 27.5 Å². The zero-order chi connectivity index (χ0) is 15.6. The van der Waals surface area contributed by atoms with Gasteiger partial charge in [0, 0.05) is 41.8 Å². The second-order valence-electron chi connectivity index (χ2n) is 5.88. The zero-order valence-electron chi connectivity index (χ0n) is 12.8. The van der Waals surface area contributed by atoms with Gasteiger partial charge in [0.2, 0.25) is 11.0 Å². The van der Waals surface area contributed by atoms with Gasteiger partial charge in [0.25, 0.3) is 0 Å². The SMILES string of the molecule is CN(C)c1nc(C[S@@](=O)Cc2noc(C(C)(C)C)n2)ns1. The van der Waals surface area contributed by atoms with E-state index < -0.39 is 10.8 Å². The van der Waals surface area contributed by atoms with Crippen molar-refractivity contribution in [3.8, 4) is 0 Å². The summed E-state index contributed by atoms with van der Waals surface area (Å²) in [6.07, 6.45) is 0. The highest BCUT2D eigenvalue weighted by atomic mass is 32.2. The van der Waals surface area contributed by atoms with Crippen LogP contribution < -0.4 is 4.90 Å². The maximum Gasteiger partial charge on any atom is 0.232 e. The van der Waals surface area contributed by atoms with E-state index >= 15 is 0 Å². The Bertz CT molecular complexity index is 630. The molecule has 9 heteroatoms. The Hall–Kier alpha value is -1.35. The molecular formula is C12H19N5O2S2. The average Bonchev–Trinajstić information content (AvgIpc) is 2.97. The maximum absolute atomic E-state index is 12.1. The van der Waals surface area contributed by atoms with E-state index in [0.717, 1.165) is 5.13 Å². The van der Waals surface area contributed by atoms with Gasteiger partial charge in [0.15, 0.2) is 11.6 Å². The van der Waals surface area contributed by atoms with Crippen LogP contribution in [-0.2, 0) is 27.7 Å². The monoisotopic (exact) mass is 329 g/mol. The Morgan fingerprint density at radius 3 is 2.38 bits per heavy atom. The molecule has 0 saturated carbocycles. The molecule has 0 aliphatic rings. The van der Waals surface area contributed by atoms with Gasteiger partial charge >= 0.3 is 0 Å². The molecule has 7 nitrogen and oxygen atoms in total. The smallest absolute Gasteiger partial charge is 0.232 e. The Morgan fingerprint density at radius 2 is 1.86 bits per heavy atom. The van der Waals surface area contributed by atoms with Crippen molar-refractivity contribution in [1.82, 2.24) is 19.5 Å². The van der Waals surface area contributed by atoms with Crippen molar-refractivity contribution in [1.29, 1.82) is 0 Å². The van der Waals surface area contributed by atoms with Crippen LogP contribution in [0.4, 0.5) is 5.13 Å². The molecule has 0 unspecified atom stereocenters. The highest BCUT2D eigenvalue weighted by molar-refractivity contribution is 7.83. The predicted octanol–water partition coefficient (Wildman–Crippen LogP) is 1.73. The maximum atomic E-state index is 12.1. The molecule has 2 aromatic heterocycles. The zero-order valence-corrected chi connectivity index (χ0v) is 14.4. The molecule has 0 saturated heterocycles. The quantitative estimate of drug-likeness (QED) is 0.826. The summed E-state index contributed by atoms with van der Waals surface area (Å²) in [6.45, 7) is 5.97. The largest absolute Gasteiger partial charge is 0.353 e. The van der Waals surface area contributed by atoms with Crippen LogP contribution in [0.5, 0.6) is 0 Å². The molecule has 0 amide bonds. The first-order valence-corrected chi connectivity index (χ1v) is 8.70. The van der Waals surface area contributed by atoms with E-state index in [9.17, 15) is 4.21 Å². The minimum atomic E-state index is -1.16. The number of hydrogen-bond acceptors (Lipinski definition) is 8. The van der Waals surface area contributed by atoms with Gasteiger partial charge in [-0.3, -0.25) is 4.21 Å². The summed E-state index contributed by atoms with van der Waals surface area (Å²) in [5, 5.41) is 4.67. The highest BCUT2D eigenvalue weighted by Gasteiger charge is 2.22. The average molecular weight is 329 g/mol. The summed E-state index contributed by atoms with van der Waals surface area (Å²) in [7, 11) is 2.64. The van der Waals surface area contributed by atoms with Gasteiger partial charge in [-0.2, -0.15) is 9.36 Å². The number of anilines is 1. The number of aromatic nitrogens is 4. The fourth-order valence-electron chi connectivity index (χ4n) is 1.44. The lowest BCUT2D eigenvalue weighted by atomic mass is 9.97. The Kier molecular flexibility index (Phi) is 4.72. The molecule has 0 aliphatic heterocycles. The van der Waals surface area contributed by atoms with E-state index in [1.165, 1.54) is 11.5 Å². The number of nitrogens with zero attached hydrogens (tertiary/aromatic N) is 5. The van der Waals surface area contributed by atoms with E-state index in [0.29, 0.717) is 23.3 Å². The number of rotatable bonds is 5. The van der Waals surface area contributed by atoms with Gasteiger partial charge in [0.05, 0.1) is 11.5 Å². The van der Waals surface area contributed by atoms with Gasteiger partial charge in [-0.15, -0.1) is 0 Å². The van der Waals surface area contributed by atoms with Crippen LogP contribution in [0.25, 0.3) is 0 Å². The van der Waals surface area contributed by atoms with Gasteiger partial charge in [-0.25, -0.2) is 4.98 Å². The second kappa shape index (κ2) is 6.18. The molecule has 0 aliphatic carbocycles. The standard InChI is InChI=1S/C12H19N5O2S2/c1-12(2,3)10-13-8(15-19-10)6-21(18)7-9-14-11(17(4)5)20-16-9/h6-7H2,1-5H3/t21-/m0/s1. The summed E-state index contributed by atoms with van der Waals surface area (Å²) in [4.78, 5) is 10.5. The second-order valence-corrected chi connectivity index (χ2v) is 8.07. The molecular weight excluding hydrogens is 310 g/mol. The molecule has 0 fully saturated rings. The first-order valence-electron chi connectivity index (χ1n) is 6.43. The molecule has 0 radical (unpaired) electrons. The predicted molar refractivity (Wildman–Crippen MR) is 82.8 cm³/mol.